The van der Waals surface area contributed by atoms with Crippen molar-refractivity contribution in [1.29, 1.82) is 0 Å². The fourth-order valence-electron chi connectivity index (χ4n) is 6.17. The number of carbonyl (C=O) groups is 1. The molecule has 1 N–H and O–H groups in total. The van der Waals surface area contributed by atoms with E-state index in [1.165, 1.54) is 31.4 Å². The number of benzene rings is 3. The third kappa shape index (κ3) is 7.36. The van der Waals surface area contributed by atoms with E-state index in [-0.39, 0.29) is 58.2 Å². The second kappa shape index (κ2) is 12.8. The van der Waals surface area contributed by atoms with Crippen LogP contribution in [0.2, 0.25) is 0 Å². The van der Waals surface area contributed by atoms with Crippen molar-refractivity contribution in [3.05, 3.63) is 99.9 Å². The Morgan fingerprint density at radius 2 is 1.60 bits per heavy atom. The lowest BCUT2D eigenvalue weighted by Crippen LogP contribution is -2.37. The van der Waals surface area contributed by atoms with Gasteiger partial charge in [0.15, 0.2) is 0 Å². The molecule has 5 rings (SSSR count). The second-order valence-corrected chi connectivity index (χ2v) is 12.3. The van der Waals surface area contributed by atoms with Gasteiger partial charge >= 0.3 is 24.5 Å². The van der Waals surface area contributed by atoms with Crippen molar-refractivity contribution < 1.29 is 63.4 Å². The molecule has 15 heteroatoms. The first-order chi connectivity index (χ1) is 23.1. The number of carboxylic acids is 1. The number of hydrogen-bond acceptors (Lipinski definition) is 4. The Morgan fingerprint density at radius 1 is 0.920 bits per heavy atom. The number of allylic oxidation sites excluding steroid dienone is 3. The number of rotatable bonds is 7. The van der Waals surface area contributed by atoms with Crippen molar-refractivity contribution >= 4 is 11.7 Å². The normalized spacial score (nSPS) is 19.8. The summed E-state index contributed by atoms with van der Waals surface area (Å²) in [6.45, 7) is 2.71. The SMILES string of the molecule is COc1cc(F)c(-c2ccc(C(=O)O)cc2C)cc1-c1ccc(C(F)(F)F)cc1CC1=NO[C@H](C2(C)C=C(C(F)(F)F)C=C(C(F)(F)F)C2)C1. The average Bonchev–Trinajstić information content (AvgIpc) is 3.49. The van der Waals surface area contributed by atoms with Gasteiger partial charge in [0.2, 0.25) is 0 Å². The van der Waals surface area contributed by atoms with Gasteiger partial charge in [0, 0.05) is 41.0 Å². The number of carboxylic acid groups (broad SMARTS) is 1. The molecule has 1 aliphatic heterocycles. The molecule has 1 aliphatic carbocycles. The highest BCUT2D eigenvalue weighted by atomic mass is 19.4. The quantitative estimate of drug-likeness (QED) is 0.247. The Bertz CT molecular complexity index is 1940. The van der Waals surface area contributed by atoms with Gasteiger partial charge in [-0.2, -0.15) is 39.5 Å². The van der Waals surface area contributed by atoms with Gasteiger partial charge in [0.1, 0.15) is 17.7 Å². The molecule has 50 heavy (non-hydrogen) atoms. The van der Waals surface area contributed by atoms with Crippen LogP contribution in [-0.4, -0.2) is 42.4 Å². The number of aromatic carboxylic acids is 1. The van der Waals surface area contributed by atoms with E-state index in [0.717, 1.165) is 31.2 Å². The molecule has 0 saturated heterocycles. The molecule has 1 unspecified atom stereocenters. The van der Waals surface area contributed by atoms with Crippen molar-refractivity contribution in [2.24, 2.45) is 10.6 Å². The number of methoxy groups -OCH3 is 1. The molecule has 3 aromatic carbocycles. The number of alkyl halides is 9. The summed E-state index contributed by atoms with van der Waals surface area (Å²) in [5.74, 6) is -2.06. The Morgan fingerprint density at radius 3 is 2.18 bits per heavy atom. The van der Waals surface area contributed by atoms with Crippen LogP contribution >= 0.6 is 0 Å². The van der Waals surface area contributed by atoms with Crippen LogP contribution in [0.5, 0.6) is 5.75 Å². The van der Waals surface area contributed by atoms with Crippen LogP contribution in [0.25, 0.3) is 22.3 Å². The molecular formula is C35H27F10NO4. The minimum absolute atomic E-state index is 0.0197. The molecular weight excluding hydrogens is 688 g/mol. The summed E-state index contributed by atoms with van der Waals surface area (Å²) in [7, 11) is 1.21. The van der Waals surface area contributed by atoms with Crippen LogP contribution in [0.1, 0.15) is 46.8 Å². The third-order valence-electron chi connectivity index (χ3n) is 8.71. The van der Waals surface area contributed by atoms with Gasteiger partial charge in [-0.15, -0.1) is 0 Å². The van der Waals surface area contributed by atoms with E-state index in [4.69, 9.17) is 9.57 Å². The van der Waals surface area contributed by atoms with Crippen LogP contribution in [0, 0.1) is 18.2 Å². The lowest BCUT2D eigenvalue weighted by Gasteiger charge is -2.36. The Hall–Kier alpha value is -4.82. The maximum Gasteiger partial charge on any atom is 0.416 e. The van der Waals surface area contributed by atoms with Gasteiger partial charge in [0.25, 0.3) is 0 Å². The first kappa shape index (κ1) is 36.5. The summed E-state index contributed by atoms with van der Waals surface area (Å²) >= 11 is 0. The summed E-state index contributed by atoms with van der Waals surface area (Å²) in [5.41, 5.74) is -4.93. The monoisotopic (exact) mass is 715 g/mol. The smallest absolute Gasteiger partial charge is 0.416 e. The predicted octanol–water partition coefficient (Wildman–Crippen LogP) is 10.3. The maximum atomic E-state index is 15.4. The van der Waals surface area contributed by atoms with E-state index in [0.29, 0.717) is 17.2 Å². The molecule has 3 aromatic rings. The van der Waals surface area contributed by atoms with Crippen molar-refractivity contribution in [3.63, 3.8) is 0 Å². The van der Waals surface area contributed by atoms with Gasteiger partial charge in [-0.05, 0) is 72.0 Å². The Kier molecular flexibility index (Phi) is 9.34. The summed E-state index contributed by atoms with van der Waals surface area (Å²) in [6, 6.07) is 9.06. The number of hydrogen-bond donors (Lipinski definition) is 1. The number of oxime groups is 1. The molecule has 1 heterocycles. The molecule has 0 amide bonds. The summed E-state index contributed by atoms with van der Waals surface area (Å²) in [5, 5.41) is 13.2. The molecule has 2 aliphatic rings. The largest absolute Gasteiger partial charge is 0.496 e. The van der Waals surface area contributed by atoms with Gasteiger partial charge in [-0.3, -0.25) is 0 Å². The van der Waals surface area contributed by atoms with E-state index in [1.54, 1.807) is 6.92 Å². The highest BCUT2D eigenvalue weighted by Gasteiger charge is 2.49. The van der Waals surface area contributed by atoms with Gasteiger partial charge < -0.3 is 14.7 Å². The predicted molar refractivity (Wildman–Crippen MR) is 162 cm³/mol. The van der Waals surface area contributed by atoms with Crippen molar-refractivity contribution in [3.8, 4) is 28.0 Å². The second-order valence-electron chi connectivity index (χ2n) is 12.3. The minimum Gasteiger partial charge on any atom is -0.496 e. The highest BCUT2D eigenvalue weighted by Crippen LogP contribution is 2.49. The van der Waals surface area contributed by atoms with Crippen LogP contribution in [-0.2, 0) is 17.4 Å². The molecule has 0 aromatic heterocycles. The number of nitrogens with zero attached hydrogens (tertiary/aromatic N) is 1. The molecule has 0 spiro atoms. The van der Waals surface area contributed by atoms with Crippen molar-refractivity contribution in [2.45, 2.75) is 57.7 Å². The van der Waals surface area contributed by atoms with E-state index in [1.807, 2.05) is 0 Å². The zero-order valence-corrected chi connectivity index (χ0v) is 26.4. The molecule has 5 nitrogen and oxygen atoms in total. The first-order valence-electron chi connectivity index (χ1n) is 14.8. The fraction of sp³-hybridized carbons (Fsp3) is 0.314. The summed E-state index contributed by atoms with van der Waals surface area (Å²) < 4.78 is 144. The van der Waals surface area contributed by atoms with Crippen LogP contribution in [0.3, 0.4) is 0 Å². The molecule has 266 valence electrons. The Labute approximate surface area is 278 Å². The van der Waals surface area contributed by atoms with E-state index < -0.39 is 65.0 Å². The van der Waals surface area contributed by atoms with Gasteiger partial charge in [-0.25, -0.2) is 9.18 Å². The standard InChI is InChI=1S/C35H27F10NO4/c1-17-8-18(31(47)48)4-6-24(17)26-13-27(29(49-3)14-28(26)36)25-7-5-20(33(37,38)39)9-19(25)10-23-12-30(50-46-23)32(2)15-21(34(40,41)42)11-22(16-32)35(43,44)45/h4-9,11,13-15,30H,10,12,16H2,1-3H3,(H,47,48)/t30-,32?/m0/s1. The van der Waals surface area contributed by atoms with Gasteiger partial charge in [-0.1, -0.05) is 30.3 Å². The fourth-order valence-corrected chi connectivity index (χ4v) is 6.17. The third-order valence-corrected chi connectivity index (χ3v) is 8.71. The van der Waals surface area contributed by atoms with Crippen LogP contribution < -0.4 is 4.74 Å². The summed E-state index contributed by atoms with van der Waals surface area (Å²) in [6.07, 6.45) is -17.1. The van der Waals surface area contributed by atoms with Crippen LogP contribution in [0.4, 0.5) is 43.9 Å². The van der Waals surface area contributed by atoms with Gasteiger partial charge in [0.05, 0.1) is 29.5 Å². The lowest BCUT2D eigenvalue weighted by atomic mass is 9.72. The van der Waals surface area contributed by atoms with E-state index >= 15 is 4.39 Å². The topological polar surface area (TPSA) is 68.1 Å². The first-order valence-corrected chi connectivity index (χ1v) is 14.8. The van der Waals surface area contributed by atoms with E-state index in [2.05, 4.69) is 5.16 Å². The number of halogens is 10. The molecule has 2 atom stereocenters. The molecule has 0 saturated carbocycles. The van der Waals surface area contributed by atoms with Crippen molar-refractivity contribution in [2.75, 3.05) is 7.11 Å². The zero-order valence-electron chi connectivity index (χ0n) is 26.4. The highest BCUT2D eigenvalue weighted by molar-refractivity contribution is 5.91. The summed E-state index contributed by atoms with van der Waals surface area (Å²) in [4.78, 5) is 16.8. The molecule has 0 fully saturated rings. The molecule has 0 radical (unpaired) electrons. The molecule has 0 bridgehead atoms. The zero-order chi connectivity index (χ0) is 37.0. The van der Waals surface area contributed by atoms with Crippen molar-refractivity contribution in [1.82, 2.24) is 0 Å². The van der Waals surface area contributed by atoms with E-state index in [9.17, 15) is 49.4 Å². The lowest BCUT2D eigenvalue weighted by molar-refractivity contribution is -0.137. The van der Waals surface area contributed by atoms with Crippen LogP contribution in [0.15, 0.2) is 77.0 Å². The Balaban J connectivity index is 1.55. The average molecular weight is 716 g/mol. The minimum atomic E-state index is -5.10. The number of ether oxygens (including phenoxy) is 1. The maximum absolute atomic E-state index is 15.4. The number of aryl methyl sites for hydroxylation is 1.